The Hall–Kier alpha value is -1.51. The second kappa shape index (κ2) is 6.06. The number of rotatable bonds is 3. The van der Waals surface area contributed by atoms with E-state index in [1.54, 1.807) is 24.3 Å². The first-order valence-corrected chi connectivity index (χ1v) is 5.00. The van der Waals surface area contributed by atoms with Crippen molar-refractivity contribution in [3.63, 3.8) is 0 Å². The highest BCUT2D eigenvalue weighted by molar-refractivity contribution is 5.76. The normalized spacial score (nSPS) is 9.87. The number of hydrogen-bond acceptors (Lipinski definition) is 2. The molecule has 0 aromatic heterocycles. The van der Waals surface area contributed by atoms with Crippen LogP contribution < -0.4 is 4.74 Å². The summed E-state index contributed by atoms with van der Waals surface area (Å²) in [5.74, 6) is -0.411. The van der Waals surface area contributed by atoms with Crippen LogP contribution in [0.1, 0.15) is 27.7 Å². The molecule has 1 rings (SSSR count). The number of aliphatic carboxylic acids is 1. The third-order valence-electron chi connectivity index (χ3n) is 1.63. The Morgan fingerprint density at radius 1 is 1.20 bits per heavy atom. The molecule has 84 valence electrons. The fourth-order valence-corrected chi connectivity index (χ4v) is 0.827. The molecule has 0 spiro atoms. The van der Waals surface area contributed by atoms with Gasteiger partial charge in [0.1, 0.15) is 5.75 Å². The van der Waals surface area contributed by atoms with Gasteiger partial charge in [-0.15, -0.1) is 0 Å². The summed E-state index contributed by atoms with van der Waals surface area (Å²) in [4.78, 5) is 10.7. The Morgan fingerprint density at radius 3 is 2.07 bits per heavy atom. The van der Waals surface area contributed by atoms with Gasteiger partial charge in [0, 0.05) is 0 Å². The van der Waals surface area contributed by atoms with E-state index < -0.39 is 11.6 Å². The first-order chi connectivity index (χ1) is 7.02. The predicted octanol–water partition coefficient (Wildman–Crippen LogP) is 2.95. The molecule has 0 heterocycles. The van der Waals surface area contributed by atoms with Gasteiger partial charge in [0.2, 0.25) is 0 Å². The van der Waals surface area contributed by atoms with E-state index in [4.69, 9.17) is 9.84 Å². The second-order valence-electron chi connectivity index (χ2n) is 3.23. The van der Waals surface area contributed by atoms with E-state index in [9.17, 15) is 4.79 Å². The molecule has 15 heavy (non-hydrogen) atoms. The van der Waals surface area contributed by atoms with Crippen LogP contribution >= 0.6 is 0 Å². The van der Waals surface area contributed by atoms with Crippen molar-refractivity contribution >= 4 is 5.97 Å². The molecule has 3 heteroatoms. The molecule has 0 saturated heterocycles. The number of para-hydroxylation sites is 1. The smallest absolute Gasteiger partial charge is 0.347 e. The number of carboxylic acid groups (broad SMARTS) is 1. The monoisotopic (exact) mass is 210 g/mol. The second-order valence-corrected chi connectivity index (χ2v) is 3.23. The summed E-state index contributed by atoms with van der Waals surface area (Å²) in [6.07, 6.45) is 0. The van der Waals surface area contributed by atoms with Crippen molar-refractivity contribution in [3.8, 4) is 5.75 Å². The molecule has 0 bridgehead atoms. The molecular weight excluding hydrogens is 192 g/mol. The summed E-state index contributed by atoms with van der Waals surface area (Å²) < 4.78 is 5.26. The van der Waals surface area contributed by atoms with E-state index in [1.165, 1.54) is 13.8 Å². The molecule has 0 aliphatic heterocycles. The van der Waals surface area contributed by atoms with Crippen LogP contribution in [-0.2, 0) is 4.79 Å². The molecule has 0 atom stereocenters. The Morgan fingerprint density at radius 2 is 1.67 bits per heavy atom. The van der Waals surface area contributed by atoms with Crippen LogP contribution in [0.15, 0.2) is 30.3 Å². The SMILES string of the molecule is CC.CC(C)(Oc1ccccc1)C(=O)O. The standard InChI is InChI=1S/C10H12O3.C2H6/c1-10(2,9(11)12)13-8-6-4-3-5-7-8;1-2/h3-7H,1-2H3,(H,11,12);1-2H3. The summed E-state index contributed by atoms with van der Waals surface area (Å²) in [5, 5.41) is 8.78. The third-order valence-corrected chi connectivity index (χ3v) is 1.63. The summed E-state index contributed by atoms with van der Waals surface area (Å²) in [7, 11) is 0. The van der Waals surface area contributed by atoms with Gasteiger partial charge in [0.15, 0.2) is 5.60 Å². The van der Waals surface area contributed by atoms with Crippen molar-refractivity contribution in [1.82, 2.24) is 0 Å². The third kappa shape index (κ3) is 4.49. The Balaban J connectivity index is 0.000000921. The van der Waals surface area contributed by atoms with Gasteiger partial charge < -0.3 is 9.84 Å². The van der Waals surface area contributed by atoms with Crippen molar-refractivity contribution in [2.75, 3.05) is 0 Å². The maximum absolute atomic E-state index is 10.7. The molecule has 0 unspecified atom stereocenters. The number of hydrogen-bond donors (Lipinski definition) is 1. The Kier molecular flexibility index (Phi) is 5.45. The maximum Gasteiger partial charge on any atom is 0.347 e. The molecule has 1 N–H and O–H groups in total. The van der Waals surface area contributed by atoms with Crippen LogP contribution in [0.25, 0.3) is 0 Å². The van der Waals surface area contributed by atoms with E-state index in [0.29, 0.717) is 5.75 Å². The van der Waals surface area contributed by atoms with Gasteiger partial charge in [-0.2, -0.15) is 0 Å². The molecular formula is C12H18O3. The van der Waals surface area contributed by atoms with Gasteiger partial charge in [-0.1, -0.05) is 32.0 Å². The fourth-order valence-electron chi connectivity index (χ4n) is 0.827. The molecule has 0 radical (unpaired) electrons. The van der Waals surface area contributed by atoms with E-state index >= 15 is 0 Å². The van der Waals surface area contributed by atoms with Crippen LogP contribution in [0.2, 0.25) is 0 Å². The highest BCUT2D eigenvalue weighted by Gasteiger charge is 2.29. The highest BCUT2D eigenvalue weighted by Crippen LogP contribution is 2.17. The van der Waals surface area contributed by atoms with Gasteiger partial charge in [-0.25, -0.2) is 4.79 Å². The average molecular weight is 210 g/mol. The lowest BCUT2D eigenvalue weighted by Gasteiger charge is -2.21. The van der Waals surface area contributed by atoms with Crippen LogP contribution in [-0.4, -0.2) is 16.7 Å². The quantitative estimate of drug-likeness (QED) is 0.834. The minimum absolute atomic E-state index is 0.565. The Labute approximate surface area is 90.7 Å². The van der Waals surface area contributed by atoms with Crippen molar-refractivity contribution in [2.45, 2.75) is 33.3 Å². The zero-order chi connectivity index (χ0) is 11.9. The summed E-state index contributed by atoms with van der Waals surface area (Å²) >= 11 is 0. The van der Waals surface area contributed by atoms with Gasteiger partial charge in [0.05, 0.1) is 0 Å². The minimum Gasteiger partial charge on any atom is -0.478 e. The summed E-state index contributed by atoms with van der Waals surface area (Å²) in [6.45, 7) is 7.03. The van der Waals surface area contributed by atoms with Gasteiger partial charge in [-0.05, 0) is 26.0 Å². The van der Waals surface area contributed by atoms with Crippen molar-refractivity contribution in [2.24, 2.45) is 0 Å². The lowest BCUT2D eigenvalue weighted by atomic mass is 10.1. The summed E-state index contributed by atoms with van der Waals surface area (Å²) in [6, 6.07) is 8.90. The first-order valence-electron chi connectivity index (χ1n) is 5.00. The fraction of sp³-hybridized carbons (Fsp3) is 0.417. The number of ether oxygens (including phenoxy) is 1. The van der Waals surface area contributed by atoms with E-state index in [2.05, 4.69) is 0 Å². The van der Waals surface area contributed by atoms with Crippen LogP contribution in [0.4, 0.5) is 0 Å². The van der Waals surface area contributed by atoms with Crippen LogP contribution in [0.3, 0.4) is 0 Å². The van der Waals surface area contributed by atoms with Gasteiger partial charge in [0.25, 0.3) is 0 Å². The largest absolute Gasteiger partial charge is 0.478 e. The number of carboxylic acids is 1. The van der Waals surface area contributed by atoms with E-state index in [1.807, 2.05) is 19.9 Å². The highest BCUT2D eigenvalue weighted by atomic mass is 16.5. The average Bonchev–Trinajstić information content (AvgIpc) is 2.21. The van der Waals surface area contributed by atoms with Gasteiger partial charge >= 0.3 is 5.97 Å². The molecule has 1 aromatic rings. The molecule has 0 amide bonds. The molecule has 0 fully saturated rings. The summed E-state index contributed by atoms with van der Waals surface area (Å²) in [5.41, 5.74) is -1.18. The van der Waals surface area contributed by atoms with Crippen molar-refractivity contribution in [3.05, 3.63) is 30.3 Å². The van der Waals surface area contributed by atoms with Crippen molar-refractivity contribution < 1.29 is 14.6 Å². The topological polar surface area (TPSA) is 46.5 Å². The predicted molar refractivity (Wildman–Crippen MR) is 60.1 cm³/mol. The molecule has 1 aromatic carbocycles. The molecule has 0 saturated carbocycles. The van der Waals surface area contributed by atoms with E-state index in [-0.39, 0.29) is 0 Å². The molecule has 0 aliphatic rings. The molecule has 0 aliphatic carbocycles. The zero-order valence-electron chi connectivity index (χ0n) is 9.65. The van der Waals surface area contributed by atoms with Gasteiger partial charge in [-0.3, -0.25) is 0 Å². The minimum atomic E-state index is -1.18. The van der Waals surface area contributed by atoms with E-state index in [0.717, 1.165) is 0 Å². The van der Waals surface area contributed by atoms with Crippen LogP contribution in [0.5, 0.6) is 5.75 Å². The van der Waals surface area contributed by atoms with Crippen LogP contribution in [0, 0.1) is 0 Å². The lowest BCUT2D eigenvalue weighted by Crippen LogP contribution is -2.37. The lowest BCUT2D eigenvalue weighted by molar-refractivity contribution is -0.152. The Bertz CT molecular complexity index is 291. The number of carbonyl (C=O) groups is 1. The first kappa shape index (κ1) is 13.5. The number of benzene rings is 1. The maximum atomic E-state index is 10.7. The van der Waals surface area contributed by atoms with Crippen molar-refractivity contribution in [1.29, 1.82) is 0 Å². The zero-order valence-corrected chi connectivity index (χ0v) is 9.65. The molecule has 3 nitrogen and oxygen atoms in total.